The van der Waals surface area contributed by atoms with Gasteiger partial charge in [-0.3, -0.25) is 0 Å². The Kier molecular flexibility index (Phi) is 11.6. The van der Waals surface area contributed by atoms with E-state index < -0.39 is 0 Å². The quantitative estimate of drug-likeness (QED) is 0.210. The van der Waals surface area contributed by atoms with Crippen LogP contribution in [-0.4, -0.2) is 34.1 Å². The average molecular weight is 585 g/mol. The molecule has 3 heteroatoms. The summed E-state index contributed by atoms with van der Waals surface area (Å²) in [6.07, 6.45) is 31.3. The largest absolute Gasteiger partial charge is 0.393 e. The minimum absolute atomic E-state index is 0.0467. The lowest BCUT2D eigenvalue weighted by Crippen LogP contribution is -2.45. The summed E-state index contributed by atoms with van der Waals surface area (Å²) in [7, 11) is 0. The second-order valence-corrected chi connectivity index (χ2v) is 14.5. The highest BCUT2D eigenvalue weighted by molar-refractivity contribution is 5.37. The van der Waals surface area contributed by atoms with E-state index in [1.165, 1.54) is 33.4 Å². The van der Waals surface area contributed by atoms with Gasteiger partial charge < -0.3 is 14.9 Å². The van der Waals surface area contributed by atoms with Crippen LogP contribution in [0, 0.1) is 16.7 Å². The van der Waals surface area contributed by atoms with Gasteiger partial charge in [0.05, 0.1) is 23.9 Å². The normalized spacial score (nSPS) is 32.3. The molecule has 43 heavy (non-hydrogen) atoms. The van der Waals surface area contributed by atoms with Crippen molar-refractivity contribution in [1.82, 2.24) is 0 Å². The number of aliphatic hydroxyl groups is 2. The van der Waals surface area contributed by atoms with Crippen molar-refractivity contribution in [3.8, 4) is 0 Å². The molecule has 1 saturated carbocycles. The van der Waals surface area contributed by atoms with Crippen LogP contribution >= 0.6 is 0 Å². The highest BCUT2D eigenvalue weighted by Crippen LogP contribution is 2.52. The van der Waals surface area contributed by atoms with E-state index in [1.54, 1.807) is 0 Å². The molecular weight excluding hydrogens is 528 g/mol. The standard InChI is InChI=1S/C40H56O3/c1-28(17-13-18-30(3)21-22-35-32(5)23-33(41)25-38(35,6)7)15-11-12-16-29(2)19-14-20-31(4)36-24-37-39(8,9)26-34(42)27-40(37,10)43-36/h11-24,33-36,41-42H,25-27H2,1-10H3/b12-11+,17-13+,19-14+,22-21+,28-15+,29-16+,30-18+,31-20+/t33-,34-,35-,36-,40+/m0/s1. The summed E-state index contributed by atoms with van der Waals surface area (Å²) in [5.41, 5.74) is 6.92. The zero-order valence-corrected chi connectivity index (χ0v) is 28.3. The number of hydrogen-bond acceptors (Lipinski definition) is 3. The van der Waals surface area contributed by atoms with E-state index >= 15 is 0 Å². The topological polar surface area (TPSA) is 49.7 Å². The third-order valence-electron chi connectivity index (χ3n) is 9.16. The molecule has 0 aromatic carbocycles. The van der Waals surface area contributed by atoms with Gasteiger partial charge in [-0.25, -0.2) is 0 Å². The number of allylic oxidation sites excluding steroid dienone is 16. The predicted octanol–water partition coefficient (Wildman–Crippen LogP) is 9.61. The van der Waals surface area contributed by atoms with Crippen LogP contribution in [0.1, 0.15) is 88.5 Å². The van der Waals surface area contributed by atoms with Crippen molar-refractivity contribution in [3.63, 3.8) is 0 Å². The van der Waals surface area contributed by atoms with Gasteiger partial charge in [0.1, 0.15) is 0 Å². The molecule has 3 aliphatic rings. The summed E-state index contributed by atoms with van der Waals surface area (Å²) in [4.78, 5) is 0. The Labute approximate surface area is 262 Å². The Morgan fingerprint density at radius 2 is 1.30 bits per heavy atom. The van der Waals surface area contributed by atoms with Gasteiger partial charge in [0, 0.05) is 12.3 Å². The van der Waals surface area contributed by atoms with Gasteiger partial charge in [0.2, 0.25) is 0 Å². The molecule has 1 fully saturated rings. The summed E-state index contributed by atoms with van der Waals surface area (Å²) in [5.74, 6) is 0.344. The van der Waals surface area contributed by atoms with Gasteiger partial charge in [0.15, 0.2) is 0 Å². The average Bonchev–Trinajstić information content (AvgIpc) is 3.23. The minimum Gasteiger partial charge on any atom is -0.393 e. The molecular formula is C40H56O3. The molecule has 234 valence electrons. The lowest BCUT2D eigenvalue weighted by molar-refractivity contribution is -0.0683. The Hall–Kier alpha value is -2.72. The van der Waals surface area contributed by atoms with E-state index in [-0.39, 0.29) is 34.7 Å². The Morgan fingerprint density at radius 3 is 1.91 bits per heavy atom. The van der Waals surface area contributed by atoms with Crippen LogP contribution in [0.2, 0.25) is 0 Å². The van der Waals surface area contributed by atoms with Crippen LogP contribution in [0.5, 0.6) is 0 Å². The maximum atomic E-state index is 10.4. The van der Waals surface area contributed by atoms with Crippen LogP contribution < -0.4 is 0 Å². The third-order valence-corrected chi connectivity index (χ3v) is 9.16. The van der Waals surface area contributed by atoms with E-state index in [1.807, 2.05) is 6.08 Å². The molecule has 2 N–H and O–H groups in total. The highest BCUT2D eigenvalue weighted by Gasteiger charge is 2.50. The van der Waals surface area contributed by atoms with E-state index in [0.717, 1.165) is 12.8 Å². The van der Waals surface area contributed by atoms with E-state index in [4.69, 9.17) is 4.74 Å². The van der Waals surface area contributed by atoms with Crippen molar-refractivity contribution < 1.29 is 14.9 Å². The lowest BCUT2D eigenvalue weighted by Gasteiger charge is -2.44. The molecule has 2 aliphatic carbocycles. The molecule has 1 heterocycles. The maximum Gasteiger partial charge on any atom is 0.0982 e. The fourth-order valence-electron chi connectivity index (χ4n) is 7.04. The minimum atomic E-state index is -0.382. The van der Waals surface area contributed by atoms with Crippen LogP contribution in [0.15, 0.2) is 119 Å². The molecule has 0 aromatic heterocycles. The van der Waals surface area contributed by atoms with Crippen LogP contribution in [-0.2, 0) is 4.74 Å². The predicted molar refractivity (Wildman–Crippen MR) is 184 cm³/mol. The van der Waals surface area contributed by atoms with Crippen molar-refractivity contribution >= 4 is 0 Å². The van der Waals surface area contributed by atoms with Crippen molar-refractivity contribution in [3.05, 3.63) is 119 Å². The van der Waals surface area contributed by atoms with Crippen molar-refractivity contribution in [2.75, 3.05) is 0 Å². The number of hydrogen-bond donors (Lipinski definition) is 2. The molecule has 0 aromatic rings. The summed E-state index contributed by atoms with van der Waals surface area (Å²) in [6.45, 7) is 21.6. The molecule has 0 radical (unpaired) electrons. The number of fused-ring (bicyclic) bond motifs is 1. The van der Waals surface area contributed by atoms with Crippen molar-refractivity contribution in [1.29, 1.82) is 0 Å². The fourth-order valence-corrected chi connectivity index (χ4v) is 7.04. The number of rotatable bonds is 9. The lowest BCUT2D eigenvalue weighted by atomic mass is 9.65. The van der Waals surface area contributed by atoms with Crippen molar-refractivity contribution in [2.24, 2.45) is 16.7 Å². The molecule has 0 unspecified atom stereocenters. The van der Waals surface area contributed by atoms with Crippen LogP contribution in [0.3, 0.4) is 0 Å². The summed E-state index contributed by atoms with van der Waals surface area (Å²) < 4.78 is 6.46. The Bertz CT molecular complexity index is 1320. The molecule has 3 rings (SSSR count). The molecule has 0 spiro atoms. The molecule has 0 amide bonds. The first-order valence-corrected chi connectivity index (χ1v) is 15.9. The zero-order chi connectivity index (χ0) is 32.0. The molecule has 1 aliphatic heterocycles. The maximum absolute atomic E-state index is 10.4. The van der Waals surface area contributed by atoms with Crippen molar-refractivity contribution in [2.45, 2.75) is 112 Å². The van der Waals surface area contributed by atoms with Crippen LogP contribution in [0.25, 0.3) is 0 Å². The van der Waals surface area contributed by atoms with Crippen LogP contribution in [0.4, 0.5) is 0 Å². The summed E-state index contributed by atoms with van der Waals surface area (Å²) in [5, 5.41) is 20.5. The molecule has 0 bridgehead atoms. The second-order valence-electron chi connectivity index (χ2n) is 14.5. The number of aliphatic hydroxyl groups excluding tert-OH is 2. The fraction of sp³-hybridized carbons (Fsp3) is 0.500. The van der Waals surface area contributed by atoms with Gasteiger partial charge in [-0.15, -0.1) is 0 Å². The van der Waals surface area contributed by atoms with E-state index in [0.29, 0.717) is 12.3 Å². The second kappa shape index (κ2) is 14.4. The van der Waals surface area contributed by atoms with Gasteiger partial charge >= 0.3 is 0 Å². The highest BCUT2D eigenvalue weighted by atomic mass is 16.5. The first-order valence-electron chi connectivity index (χ1n) is 15.9. The monoisotopic (exact) mass is 584 g/mol. The summed E-state index contributed by atoms with van der Waals surface area (Å²) in [6, 6.07) is 0. The van der Waals surface area contributed by atoms with Gasteiger partial charge in [-0.1, -0.05) is 129 Å². The Balaban J connectivity index is 1.52. The number of ether oxygens (including phenoxy) is 1. The SMILES string of the molecule is CC1=C[C@H](O)CC(C)(C)[C@H]1/C=C/C(C)=C/C=C/C(C)=C/C=C/C=C(C)/C=C/C=C(\C)[C@@H]1C=C2C(C)(C)C[C@H](O)C[C@@]2(C)O1. The van der Waals surface area contributed by atoms with Gasteiger partial charge in [0.25, 0.3) is 0 Å². The first kappa shape index (κ1) is 34.8. The van der Waals surface area contributed by atoms with E-state index in [2.05, 4.69) is 148 Å². The Morgan fingerprint density at radius 1 is 0.744 bits per heavy atom. The third kappa shape index (κ3) is 9.63. The van der Waals surface area contributed by atoms with Gasteiger partial charge in [-0.05, 0) is 82.4 Å². The zero-order valence-electron chi connectivity index (χ0n) is 28.3. The van der Waals surface area contributed by atoms with E-state index in [9.17, 15) is 10.2 Å². The molecule has 5 atom stereocenters. The molecule has 3 nitrogen and oxygen atoms in total. The summed E-state index contributed by atoms with van der Waals surface area (Å²) >= 11 is 0. The smallest absolute Gasteiger partial charge is 0.0982 e. The first-order chi connectivity index (χ1) is 20.0. The molecule has 0 saturated heterocycles. The van der Waals surface area contributed by atoms with Gasteiger partial charge in [-0.2, -0.15) is 0 Å².